The molecule has 0 aromatic heterocycles. The summed E-state index contributed by atoms with van der Waals surface area (Å²) < 4.78 is 31.6. The van der Waals surface area contributed by atoms with Gasteiger partial charge in [0.05, 0.1) is 16.7 Å². The molecule has 0 bridgehead atoms. The van der Waals surface area contributed by atoms with E-state index in [4.69, 9.17) is 4.74 Å². The van der Waals surface area contributed by atoms with Gasteiger partial charge in [0.25, 0.3) is 15.9 Å². The maximum absolute atomic E-state index is 12.9. The average molecular weight is 428 g/mol. The number of hydrogen-bond donors (Lipinski definition) is 2. The number of aryl methyl sites for hydroxylation is 1. The minimum absolute atomic E-state index is 0.133. The molecule has 1 aromatic carbocycles. The van der Waals surface area contributed by atoms with E-state index in [1.165, 1.54) is 12.1 Å². The molecule has 4 rings (SSSR count). The molecule has 1 amide bonds. The van der Waals surface area contributed by atoms with Crippen LogP contribution in [-0.4, -0.2) is 31.7 Å². The number of amides is 1. The Morgan fingerprint density at radius 2 is 2.03 bits per heavy atom. The zero-order valence-electron chi connectivity index (χ0n) is 17.0. The molecule has 0 radical (unpaired) electrons. The lowest BCUT2D eigenvalue weighted by atomic mass is 9.82. The van der Waals surface area contributed by atoms with E-state index in [0.717, 1.165) is 18.4 Å². The number of carbonyl (C=O) groups excluding carboxylic acids is 1. The van der Waals surface area contributed by atoms with E-state index in [0.29, 0.717) is 29.8 Å². The lowest BCUT2D eigenvalue weighted by molar-refractivity contribution is -0.143. The first-order valence-corrected chi connectivity index (χ1v) is 11.6. The van der Waals surface area contributed by atoms with Crippen molar-refractivity contribution in [3.8, 4) is 0 Å². The van der Waals surface area contributed by atoms with Crippen LogP contribution in [0.15, 0.2) is 69.8 Å². The minimum Gasteiger partial charge on any atom is -0.353 e. The van der Waals surface area contributed by atoms with Gasteiger partial charge in [0.15, 0.2) is 5.60 Å². The van der Waals surface area contributed by atoms with E-state index in [2.05, 4.69) is 22.2 Å². The molecule has 1 aliphatic carbocycles. The number of hydrogen-bond acceptors (Lipinski definition) is 5. The Kier molecular flexibility index (Phi) is 5.38. The van der Waals surface area contributed by atoms with Crippen LogP contribution in [0.1, 0.15) is 38.2 Å². The third kappa shape index (κ3) is 3.61. The summed E-state index contributed by atoms with van der Waals surface area (Å²) >= 11 is 0. The molecule has 2 atom stereocenters. The Balaban J connectivity index is 1.66. The zero-order valence-corrected chi connectivity index (χ0v) is 17.8. The molecule has 0 saturated carbocycles. The molecule has 7 nitrogen and oxygen atoms in total. The largest absolute Gasteiger partial charge is 0.353 e. The van der Waals surface area contributed by atoms with Crippen molar-refractivity contribution >= 4 is 21.6 Å². The molecule has 2 aliphatic heterocycles. The highest BCUT2D eigenvalue weighted by molar-refractivity contribution is 7.89. The van der Waals surface area contributed by atoms with Gasteiger partial charge in [-0.1, -0.05) is 49.3 Å². The second kappa shape index (κ2) is 7.85. The molecule has 0 saturated heterocycles. The quantitative estimate of drug-likeness (QED) is 0.558. The van der Waals surface area contributed by atoms with Crippen molar-refractivity contribution in [1.29, 1.82) is 0 Å². The number of rotatable bonds is 5. The highest BCUT2D eigenvalue weighted by Crippen LogP contribution is 2.41. The van der Waals surface area contributed by atoms with Crippen LogP contribution in [0.25, 0.3) is 0 Å². The lowest BCUT2D eigenvalue weighted by Gasteiger charge is -2.36. The summed E-state index contributed by atoms with van der Waals surface area (Å²) in [6, 6.07) is 6.54. The summed E-state index contributed by atoms with van der Waals surface area (Å²) in [4.78, 5) is 15.4. The van der Waals surface area contributed by atoms with Crippen LogP contribution in [0.4, 0.5) is 0 Å². The molecular formula is C22H25N3O4S. The molecule has 0 unspecified atom stereocenters. The fourth-order valence-corrected chi connectivity index (χ4v) is 4.82. The number of nitrogens with zero attached hydrogens (tertiary/aromatic N) is 1. The van der Waals surface area contributed by atoms with E-state index >= 15 is 0 Å². The Hall–Kier alpha value is -2.71. The van der Waals surface area contributed by atoms with Crippen LogP contribution >= 0.6 is 0 Å². The maximum Gasteiger partial charge on any atom is 0.276 e. The predicted molar refractivity (Wildman–Crippen MR) is 114 cm³/mol. The van der Waals surface area contributed by atoms with Gasteiger partial charge in [0.2, 0.25) is 0 Å². The monoisotopic (exact) mass is 427 g/mol. The van der Waals surface area contributed by atoms with E-state index in [1.807, 2.05) is 31.2 Å². The molecule has 8 heteroatoms. The molecule has 1 spiro atoms. The van der Waals surface area contributed by atoms with Crippen molar-refractivity contribution in [3.63, 3.8) is 0 Å². The Morgan fingerprint density at radius 3 is 2.77 bits per heavy atom. The van der Waals surface area contributed by atoms with Crippen molar-refractivity contribution in [2.45, 2.75) is 56.1 Å². The van der Waals surface area contributed by atoms with Gasteiger partial charge >= 0.3 is 0 Å². The van der Waals surface area contributed by atoms with Crippen molar-refractivity contribution < 1.29 is 17.9 Å². The number of nitrogens with one attached hydrogen (secondary N) is 2. The molecule has 30 heavy (non-hydrogen) atoms. The lowest BCUT2D eigenvalue weighted by Crippen LogP contribution is -2.49. The number of fused-ring (bicyclic) bond motifs is 1. The third-order valence-corrected chi connectivity index (χ3v) is 6.71. The van der Waals surface area contributed by atoms with Crippen LogP contribution in [0.2, 0.25) is 0 Å². The van der Waals surface area contributed by atoms with Crippen molar-refractivity contribution in [1.82, 2.24) is 10.1 Å². The molecule has 0 fully saturated rings. The van der Waals surface area contributed by atoms with Gasteiger partial charge in [-0.2, -0.15) is 18.4 Å². The van der Waals surface area contributed by atoms with Crippen LogP contribution < -0.4 is 10.1 Å². The summed E-state index contributed by atoms with van der Waals surface area (Å²) in [6.07, 6.45) is 9.96. The Morgan fingerprint density at radius 1 is 1.27 bits per heavy atom. The predicted octanol–water partition coefficient (Wildman–Crippen LogP) is 2.86. The van der Waals surface area contributed by atoms with Crippen molar-refractivity contribution in [2.24, 2.45) is 5.10 Å². The number of sulfonamides is 1. The Bertz CT molecular complexity index is 1080. The number of benzene rings is 1. The third-order valence-electron chi connectivity index (χ3n) is 5.49. The Labute approximate surface area is 176 Å². The molecule has 158 valence electrons. The van der Waals surface area contributed by atoms with Gasteiger partial charge in [0, 0.05) is 24.1 Å². The van der Waals surface area contributed by atoms with Gasteiger partial charge in [-0.3, -0.25) is 4.79 Å². The molecule has 1 aromatic rings. The van der Waals surface area contributed by atoms with Gasteiger partial charge in [-0.25, -0.2) is 0 Å². The number of carbonyl (C=O) groups is 1. The molecular weight excluding hydrogens is 402 g/mol. The second-order valence-corrected chi connectivity index (χ2v) is 9.38. The van der Waals surface area contributed by atoms with Gasteiger partial charge in [-0.05, 0) is 31.6 Å². The first-order chi connectivity index (χ1) is 14.4. The van der Waals surface area contributed by atoms with Crippen LogP contribution in [0, 0.1) is 6.92 Å². The zero-order chi connectivity index (χ0) is 21.4. The summed E-state index contributed by atoms with van der Waals surface area (Å²) in [6.45, 7) is 3.95. The van der Waals surface area contributed by atoms with Crippen LogP contribution in [-0.2, 0) is 19.6 Å². The highest BCUT2D eigenvalue weighted by atomic mass is 32.2. The molecule has 3 aliphatic rings. The van der Waals surface area contributed by atoms with Crippen molar-refractivity contribution in [2.75, 3.05) is 0 Å². The fraction of sp³-hybridized carbons (Fsp3) is 0.364. The summed E-state index contributed by atoms with van der Waals surface area (Å²) in [5, 5.41) is 7.11. The van der Waals surface area contributed by atoms with Gasteiger partial charge in [-0.15, -0.1) is 0 Å². The first kappa shape index (κ1) is 20.6. The molecule has 2 heterocycles. The minimum atomic E-state index is -3.82. The SMILES string of the molecule is CCC[C@@H]1C=CC[C@]2(O1)C(=O)NC1=C2C(=NNS(=O)(=O)c2ccc(C)cc2)CC=C1. The summed E-state index contributed by atoms with van der Waals surface area (Å²) in [5.41, 5.74) is 1.50. The van der Waals surface area contributed by atoms with Crippen LogP contribution in [0.3, 0.4) is 0 Å². The maximum atomic E-state index is 12.9. The standard InChI is InChI=1S/C22H25N3O4S/c1-3-6-16-7-5-14-22(29-16)20-18(23-21(22)26)8-4-9-19(20)24-25-30(27,28)17-12-10-15(2)11-13-17/h4-5,7-8,10-13,16,25H,3,6,9,14H2,1-2H3,(H,23,26)/t16-,22-/m1/s1. The fourth-order valence-electron chi connectivity index (χ4n) is 3.99. The first-order valence-electron chi connectivity index (χ1n) is 10.1. The normalized spacial score (nSPS) is 26.9. The molecule has 2 N–H and O–H groups in total. The number of ether oxygens (including phenoxy) is 1. The summed E-state index contributed by atoms with van der Waals surface area (Å²) in [7, 11) is -3.82. The highest BCUT2D eigenvalue weighted by Gasteiger charge is 2.53. The van der Waals surface area contributed by atoms with Gasteiger partial charge in [0.1, 0.15) is 0 Å². The second-order valence-electron chi connectivity index (χ2n) is 7.72. The van der Waals surface area contributed by atoms with Crippen LogP contribution in [0.5, 0.6) is 0 Å². The smallest absolute Gasteiger partial charge is 0.276 e. The van der Waals surface area contributed by atoms with Crippen molar-refractivity contribution in [3.05, 3.63) is 65.4 Å². The topological polar surface area (TPSA) is 96.9 Å². The van der Waals surface area contributed by atoms with E-state index in [-0.39, 0.29) is 16.9 Å². The van der Waals surface area contributed by atoms with E-state index in [1.54, 1.807) is 12.1 Å². The average Bonchev–Trinajstić information content (AvgIpc) is 2.99. The van der Waals surface area contributed by atoms with E-state index in [9.17, 15) is 13.2 Å². The van der Waals surface area contributed by atoms with E-state index < -0.39 is 15.6 Å². The van der Waals surface area contributed by atoms with Gasteiger partial charge < -0.3 is 10.1 Å². The summed E-state index contributed by atoms with van der Waals surface area (Å²) in [5.74, 6) is -0.237. The number of allylic oxidation sites excluding steroid dienone is 2. The number of hydrazone groups is 1.